The van der Waals surface area contributed by atoms with E-state index in [4.69, 9.17) is 23.1 Å². The molecule has 0 unspecified atom stereocenters. The van der Waals surface area contributed by atoms with E-state index in [1.807, 2.05) is 23.7 Å². The Morgan fingerprint density at radius 1 is 1.17 bits per heavy atom. The van der Waals surface area contributed by atoms with Crippen molar-refractivity contribution in [2.45, 2.75) is 5.54 Å². The Morgan fingerprint density at radius 3 is 2.49 bits per heavy atom. The van der Waals surface area contributed by atoms with Crippen molar-refractivity contribution in [1.29, 1.82) is 0 Å². The maximum absolute atomic E-state index is 14.1. The summed E-state index contributed by atoms with van der Waals surface area (Å²) in [6.45, 7) is 4.33. The van der Waals surface area contributed by atoms with Gasteiger partial charge in [0.2, 0.25) is 0 Å². The standard InChI is InChI=1S/C27H25ClFN5O/c1-17(27(31,25-15-32-16-33(25)2)19-7-9-20(28)10-8-19)11-23-22(18-5-4-6-21(29)12-18)13-26(35)34(3)24(23)14-30/h4-16H,1,30-31H2,2-3H3/b23-11-,24-14+/t27-/m0/s1. The van der Waals surface area contributed by atoms with E-state index in [0.29, 0.717) is 38.0 Å². The first-order valence-corrected chi connectivity index (χ1v) is 11.2. The first-order valence-electron chi connectivity index (χ1n) is 10.8. The Kier molecular flexibility index (Phi) is 6.47. The summed E-state index contributed by atoms with van der Waals surface area (Å²) in [7, 11) is 3.46. The van der Waals surface area contributed by atoms with Crippen molar-refractivity contribution in [3.63, 3.8) is 0 Å². The molecule has 0 saturated carbocycles. The summed E-state index contributed by atoms with van der Waals surface area (Å²) in [6, 6.07) is 14.7. The van der Waals surface area contributed by atoms with Crippen LogP contribution in [0.5, 0.6) is 0 Å². The van der Waals surface area contributed by atoms with Gasteiger partial charge in [-0.25, -0.2) is 9.37 Å². The van der Waals surface area contributed by atoms with Crippen LogP contribution in [0.1, 0.15) is 11.3 Å². The average Bonchev–Trinajstić information content (AvgIpc) is 3.27. The van der Waals surface area contributed by atoms with Crippen LogP contribution in [0.4, 0.5) is 4.39 Å². The molecule has 0 bridgehead atoms. The van der Waals surface area contributed by atoms with E-state index in [0.717, 1.165) is 5.56 Å². The average molecular weight is 490 g/mol. The number of halogens is 2. The number of nitrogens with zero attached hydrogens (tertiary/aromatic N) is 3. The second kappa shape index (κ2) is 9.37. The number of rotatable bonds is 5. The minimum absolute atomic E-state index is 0.285. The van der Waals surface area contributed by atoms with E-state index in [-0.39, 0.29) is 5.56 Å². The first kappa shape index (κ1) is 24.2. The molecule has 178 valence electrons. The molecule has 0 aliphatic rings. The molecule has 4 rings (SSSR count). The molecule has 2 aromatic heterocycles. The molecule has 0 radical (unpaired) electrons. The Morgan fingerprint density at radius 2 is 1.89 bits per heavy atom. The third-order valence-electron chi connectivity index (χ3n) is 6.16. The van der Waals surface area contributed by atoms with Crippen molar-refractivity contribution >= 4 is 23.9 Å². The second-order valence-corrected chi connectivity index (χ2v) is 8.74. The van der Waals surface area contributed by atoms with Gasteiger partial charge >= 0.3 is 0 Å². The minimum Gasteiger partial charge on any atom is -0.403 e. The molecule has 2 aromatic carbocycles. The van der Waals surface area contributed by atoms with E-state index in [2.05, 4.69) is 11.6 Å². The van der Waals surface area contributed by atoms with Crippen molar-refractivity contribution in [2.24, 2.45) is 25.6 Å². The van der Waals surface area contributed by atoms with Crippen molar-refractivity contribution in [3.8, 4) is 11.1 Å². The number of imidazole rings is 1. The van der Waals surface area contributed by atoms with Crippen LogP contribution in [0.3, 0.4) is 0 Å². The smallest absolute Gasteiger partial charge is 0.251 e. The summed E-state index contributed by atoms with van der Waals surface area (Å²) in [5, 5.41) is 1.60. The van der Waals surface area contributed by atoms with Crippen molar-refractivity contribution in [1.82, 2.24) is 14.1 Å². The van der Waals surface area contributed by atoms with E-state index in [1.165, 1.54) is 29.0 Å². The predicted molar refractivity (Wildman–Crippen MR) is 138 cm³/mol. The van der Waals surface area contributed by atoms with E-state index < -0.39 is 11.4 Å². The highest BCUT2D eigenvalue weighted by atomic mass is 35.5. The Hall–Kier alpha value is -3.94. The molecule has 0 amide bonds. The summed E-state index contributed by atoms with van der Waals surface area (Å²) < 4.78 is 17.3. The Bertz CT molecular complexity index is 1600. The van der Waals surface area contributed by atoms with E-state index in [9.17, 15) is 9.18 Å². The van der Waals surface area contributed by atoms with Crippen molar-refractivity contribution in [2.75, 3.05) is 0 Å². The number of nitrogens with two attached hydrogens (primary N) is 2. The van der Waals surface area contributed by atoms with Crippen molar-refractivity contribution < 1.29 is 4.39 Å². The third kappa shape index (κ3) is 4.32. The van der Waals surface area contributed by atoms with E-state index >= 15 is 0 Å². The number of hydrogen-bond acceptors (Lipinski definition) is 4. The van der Waals surface area contributed by atoms with Gasteiger partial charge < -0.3 is 20.6 Å². The summed E-state index contributed by atoms with van der Waals surface area (Å²) >= 11 is 6.13. The van der Waals surface area contributed by atoms with Gasteiger partial charge in [0.15, 0.2) is 0 Å². The highest BCUT2D eigenvalue weighted by molar-refractivity contribution is 6.30. The lowest BCUT2D eigenvalue weighted by Crippen LogP contribution is -2.45. The van der Waals surface area contributed by atoms with Crippen LogP contribution in [-0.2, 0) is 19.6 Å². The summed E-state index contributed by atoms with van der Waals surface area (Å²) in [5.41, 5.74) is 14.5. The fourth-order valence-corrected chi connectivity index (χ4v) is 4.35. The van der Waals surface area contributed by atoms with Gasteiger partial charge in [-0.3, -0.25) is 4.79 Å². The number of aromatic nitrogens is 3. The van der Waals surface area contributed by atoms with Gasteiger partial charge in [-0.2, -0.15) is 0 Å². The maximum Gasteiger partial charge on any atom is 0.251 e. The van der Waals surface area contributed by atoms with Gasteiger partial charge in [-0.15, -0.1) is 0 Å². The molecule has 6 nitrogen and oxygen atoms in total. The van der Waals surface area contributed by atoms with Gasteiger partial charge in [0.25, 0.3) is 5.56 Å². The van der Waals surface area contributed by atoms with Crippen LogP contribution in [0.2, 0.25) is 5.02 Å². The molecule has 4 aromatic rings. The van der Waals surface area contributed by atoms with Crippen LogP contribution in [0.15, 0.2) is 84.1 Å². The van der Waals surface area contributed by atoms with Crippen LogP contribution in [0, 0.1) is 5.82 Å². The highest BCUT2D eigenvalue weighted by Crippen LogP contribution is 2.34. The Balaban J connectivity index is 2.06. The molecular weight excluding hydrogens is 465 g/mol. The molecule has 1 atom stereocenters. The normalized spacial score (nSPS) is 14.2. The number of benzene rings is 2. The second-order valence-electron chi connectivity index (χ2n) is 8.31. The molecule has 0 fully saturated rings. The summed E-state index contributed by atoms with van der Waals surface area (Å²) in [5.74, 6) is -0.421. The number of aryl methyl sites for hydroxylation is 1. The lowest BCUT2D eigenvalue weighted by atomic mass is 9.80. The fraction of sp³-hybridized carbons (Fsp3) is 0.111. The lowest BCUT2D eigenvalue weighted by molar-refractivity contribution is 0.601. The van der Waals surface area contributed by atoms with Crippen LogP contribution in [-0.4, -0.2) is 14.1 Å². The molecule has 2 heterocycles. The van der Waals surface area contributed by atoms with Crippen LogP contribution in [0.25, 0.3) is 23.4 Å². The van der Waals surface area contributed by atoms with Gasteiger partial charge in [-0.05, 0) is 52.6 Å². The number of hydrogen-bond donors (Lipinski definition) is 2. The lowest BCUT2D eigenvalue weighted by Gasteiger charge is -2.31. The number of pyridine rings is 1. The topological polar surface area (TPSA) is 91.9 Å². The molecule has 35 heavy (non-hydrogen) atoms. The van der Waals surface area contributed by atoms with Gasteiger partial charge in [0.1, 0.15) is 11.4 Å². The van der Waals surface area contributed by atoms with E-state index in [1.54, 1.807) is 49.9 Å². The molecular formula is C27H25ClFN5O. The van der Waals surface area contributed by atoms with Gasteiger partial charge in [0, 0.05) is 36.6 Å². The van der Waals surface area contributed by atoms with Crippen LogP contribution < -0.4 is 27.6 Å². The monoisotopic (exact) mass is 489 g/mol. The zero-order valence-electron chi connectivity index (χ0n) is 19.4. The summed E-state index contributed by atoms with van der Waals surface area (Å²) in [6.07, 6.45) is 6.45. The molecule has 4 N–H and O–H groups in total. The third-order valence-corrected chi connectivity index (χ3v) is 6.42. The van der Waals surface area contributed by atoms with Crippen molar-refractivity contribution in [3.05, 3.63) is 122 Å². The minimum atomic E-state index is -1.20. The largest absolute Gasteiger partial charge is 0.403 e. The summed E-state index contributed by atoms with van der Waals surface area (Å²) in [4.78, 5) is 16.9. The molecule has 8 heteroatoms. The molecule has 0 aliphatic heterocycles. The Labute approximate surface area is 206 Å². The first-order chi connectivity index (χ1) is 16.7. The zero-order chi connectivity index (χ0) is 25.3. The predicted octanol–water partition coefficient (Wildman–Crippen LogP) is 2.51. The molecule has 0 aliphatic carbocycles. The van der Waals surface area contributed by atoms with Crippen LogP contribution >= 0.6 is 11.6 Å². The molecule has 0 spiro atoms. The quantitative estimate of drug-likeness (QED) is 0.450. The zero-order valence-corrected chi connectivity index (χ0v) is 20.1. The van der Waals surface area contributed by atoms with Gasteiger partial charge in [0.05, 0.1) is 23.6 Å². The molecule has 0 saturated heterocycles. The SMILES string of the molecule is C=C(/C=c1/c(-c2cccc(F)c2)cc(=O)n(C)/c1=C/N)[C@](N)(c1ccc(Cl)cc1)c1cncn1C. The highest BCUT2D eigenvalue weighted by Gasteiger charge is 2.34. The maximum atomic E-state index is 14.1. The fourth-order valence-electron chi connectivity index (χ4n) is 4.22. The van der Waals surface area contributed by atoms with Gasteiger partial charge in [-0.1, -0.05) is 42.4 Å².